The van der Waals surface area contributed by atoms with Crippen LogP contribution < -0.4 is 10.1 Å². The number of rotatable bonds is 5. The van der Waals surface area contributed by atoms with Crippen molar-refractivity contribution in [2.75, 3.05) is 12.4 Å². The van der Waals surface area contributed by atoms with Gasteiger partial charge in [-0.1, -0.05) is 6.07 Å². The van der Waals surface area contributed by atoms with Crippen molar-refractivity contribution in [3.05, 3.63) is 59.2 Å². The van der Waals surface area contributed by atoms with Gasteiger partial charge in [-0.05, 0) is 43.7 Å². The molecule has 0 radical (unpaired) electrons. The second-order valence-electron chi connectivity index (χ2n) is 5.35. The van der Waals surface area contributed by atoms with Crippen LogP contribution in [-0.2, 0) is 9.53 Å². The lowest BCUT2D eigenvalue weighted by atomic mass is 10.1. The number of benzene rings is 2. The monoisotopic (exact) mass is 349 g/mol. The number of amides is 1. The number of carbonyl (C=O) groups is 2. The van der Waals surface area contributed by atoms with Crippen LogP contribution in [0.2, 0.25) is 0 Å². The molecular weight excluding hydrogens is 332 g/mol. The first-order valence-electron chi connectivity index (χ1n) is 7.43. The minimum absolute atomic E-state index is 0.0591. The molecule has 2 aromatic rings. The molecule has 25 heavy (non-hydrogen) atoms. The number of ether oxygens (including phenoxy) is 2. The van der Waals surface area contributed by atoms with Crippen molar-refractivity contribution in [2.45, 2.75) is 20.0 Å². The fraction of sp³-hybridized carbons (Fsp3) is 0.222. The van der Waals surface area contributed by atoms with Gasteiger partial charge in [-0.3, -0.25) is 4.79 Å². The molecule has 1 N–H and O–H groups in total. The Balaban J connectivity index is 2.02. The SMILES string of the molecule is COc1cc(C(=O)O[C@H](C)C(=O)Nc2ccc(F)c(F)c2)ccc1C. The summed E-state index contributed by atoms with van der Waals surface area (Å²) < 4.78 is 36.2. The zero-order valence-corrected chi connectivity index (χ0v) is 13.9. The largest absolute Gasteiger partial charge is 0.496 e. The van der Waals surface area contributed by atoms with Gasteiger partial charge in [-0.15, -0.1) is 0 Å². The zero-order chi connectivity index (χ0) is 18.6. The quantitative estimate of drug-likeness (QED) is 0.840. The predicted molar refractivity (Wildman–Crippen MR) is 87.6 cm³/mol. The molecule has 0 saturated heterocycles. The van der Waals surface area contributed by atoms with Gasteiger partial charge in [0, 0.05) is 11.8 Å². The van der Waals surface area contributed by atoms with Crippen LogP contribution in [0.4, 0.5) is 14.5 Å². The summed E-state index contributed by atoms with van der Waals surface area (Å²) in [5, 5.41) is 2.35. The third-order valence-electron chi connectivity index (χ3n) is 3.48. The highest BCUT2D eigenvalue weighted by molar-refractivity contribution is 5.97. The molecule has 0 aromatic heterocycles. The maximum absolute atomic E-state index is 13.1. The smallest absolute Gasteiger partial charge is 0.339 e. The van der Waals surface area contributed by atoms with Crippen LogP contribution in [0, 0.1) is 18.6 Å². The van der Waals surface area contributed by atoms with Crippen LogP contribution in [-0.4, -0.2) is 25.1 Å². The third-order valence-corrected chi connectivity index (χ3v) is 3.48. The molecule has 0 saturated carbocycles. The fourth-order valence-electron chi connectivity index (χ4n) is 2.05. The van der Waals surface area contributed by atoms with Crippen LogP contribution in [0.15, 0.2) is 36.4 Å². The van der Waals surface area contributed by atoms with E-state index < -0.39 is 29.6 Å². The van der Waals surface area contributed by atoms with E-state index in [9.17, 15) is 18.4 Å². The van der Waals surface area contributed by atoms with Crippen molar-refractivity contribution in [3.63, 3.8) is 0 Å². The number of hydrogen-bond donors (Lipinski definition) is 1. The number of methoxy groups -OCH3 is 1. The zero-order valence-electron chi connectivity index (χ0n) is 13.9. The Morgan fingerprint density at radius 3 is 2.44 bits per heavy atom. The lowest BCUT2D eigenvalue weighted by Crippen LogP contribution is -2.30. The molecule has 0 bridgehead atoms. The summed E-state index contributed by atoms with van der Waals surface area (Å²) in [5.74, 6) is -2.96. The summed E-state index contributed by atoms with van der Waals surface area (Å²) in [7, 11) is 1.48. The highest BCUT2D eigenvalue weighted by Gasteiger charge is 2.20. The van der Waals surface area contributed by atoms with Crippen molar-refractivity contribution in [3.8, 4) is 5.75 Å². The first-order chi connectivity index (χ1) is 11.8. The number of halogens is 2. The van der Waals surface area contributed by atoms with Crippen LogP contribution >= 0.6 is 0 Å². The average Bonchev–Trinajstić information content (AvgIpc) is 2.58. The maximum Gasteiger partial charge on any atom is 0.339 e. The number of hydrogen-bond acceptors (Lipinski definition) is 4. The van der Waals surface area contributed by atoms with Gasteiger partial charge in [0.15, 0.2) is 17.7 Å². The molecule has 132 valence electrons. The molecule has 2 rings (SSSR count). The van der Waals surface area contributed by atoms with E-state index in [1.54, 1.807) is 12.1 Å². The Labute approximate surface area is 143 Å². The maximum atomic E-state index is 13.1. The van der Waals surface area contributed by atoms with Gasteiger partial charge in [0.25, 0.3) is 5.91 Å². The molecule has 7 heteroatoms. The van der Waals surface area contributed by atoms with Gasteiger partial charge in [0.05, 0.1) is 12.7 Å². The summed E-state index contributed by atoms with van der Waals surface area (Å²) >= 11 is 0. The van der Waals surface area contributed by atoms with Crippen LogP contribution in [0.3, 0.4) is 0 Å². The molecule has 0 fully saturated rings. The van der Waals surface area contributed by atoms with Crippen LogP contribution in [0.5, 0.6) is 5.75 Å². The summed E-state index contributed by atoms with van der Waals surface area (Å²) in [5.41, 5.74) is 1.14. The normalized spacial score (nSPS) is 11.6. The predicted octanol–water partition coefficient (Wildman–Crippen LogP) is 3.47. The Morgan fingerprint density at radius 1 is 1.08 bits per heavy atom. The molecule has 1 atom stereocenters. The van der Waals surface area contributed by atoms with E-state index in [0.717, 1.165) is 17.7 Å². The summed E-state index contributed by atoms with van der Waals surface area (Å²) in [6.07, 6.45) is -1.13. The molecule has 0 heterocycles. The minimum atomic E-state index is -1.13. The molecular formula is C18H17F2NO4. The molecule has 1 amide bonds. The summed E-state index contributed by atoms with van der Waals surface area (Å²) in [6, 6.07) is 7.70. The molecule has 0 spiro atoms. The lowest BCUT2D eigenvalue weighted by molar-refractivity contribution is -0.123. The number of nitrogens with one attached hydrogen (secondary N) is 1. The van der Waals surface area contributed by atoms with E-state index in [-0.39, 0.29) is 11.3 Å². The standard InChI is InChI=1S/C18H17F2NO4/c1-10-4-5-12(8-16(10)24-3)18(23)25-11(2)17(22)21-13-6-7-14(19)15(20)9-13/h4-9,11H,1-3H3,(H,21,22)/t11-/m1/s1. The average molecular weight is 349 g/mol. The summed E-state index contributed by atoms with van der Waals surface area (Å²) in [6.45, 7) is 3.20. The van der Waals surface area contributed by atoms with Crippen molar-refractivity contribution in [1.29, 1.82) is 0 Å². The van der Waals surface area contributed by atoms with Gasteiger partial charge >= 0.3 is 5.97 Å². The molecule has 0 aliphatic rings. The Morgan fingerprint density at radius 2 is 1.80 bits per heavy atom. The van der Waals surface area contributed by atoms with Crippen molar-refractivity contribution < 1.29 is 27.8 Å². The topological polar surface area (TPSA) is 64.6 Å². The van der Waals surface area contributed by atoms with E-state index in [1.807, 2.05) is 6.92 Å². The molecule has 0 unspecified atom stereocenters. The van der Waals surface area contributed by atoms with E-state index >= 15 is 0 Å². The van der Waals surface area contributed by atoms with E-state index in [0.29, 0.717) is 5.75 Å². The number of anilines is 1. The van der Waals surface area contributed by atoms with Gasteiger partial charge in [0.1, 0.15) is 5.75 Å². The second kappa shape index (κ2) is 7.74. The Bertz CT molecular complexity index is 808. The number of aryl methyl sites for hydroxylation is 1. The number of esters is 1. The minimum Gasteiger partial charge on any atom is -0.496 e. The molecule has 5 nitrogen and oxygen atoms in total. The van der Waals surface area contributed by atoms with Crippen LogP contribution in [0.1, 0.15) is 22.8 Å². The third kappa shape index (κ3) is 4.53. The Kier molecular flexibility index (Phi) is 5.69. The van der Waals surface area contributed by atoms with E-state index in [2.05, 4.69) is 5.32 Å². The van der Waals surface area contributed by atoms with Crippen LogP contribution in [0.25, 0.3) is 0 Å². The second-order valence-corrected chi connectivity index (χ2v) is 5.35. The van der Waals surface area contributed by atoms with Gasteiger partial charge in [-0.2, -0.15) is 0 Å². The molecule has 0 aliphatic carbocycles. The van der Waals surface area contributed by atoms with Gasteiger partial charge < -0.3 is 14.8 Å². The van der Waals surface area contributed by atoms with Gasteiger partial charge in [-0.25, -0.2) is 13.6 Å². The lowest BCUT2D eigenvalue weighted by Gasteiger charge is -2.14. The fourth-order valence-corrected chi connectivity index (χ4v) is 2.05. The molecule has 2 aromatic carbocycles. The van der Waals surface area contributed by atoms with E-state index in [1.165, 1.54) is 26.2 Å². The van der Waals surface area contributed by atoms with Crippen molar-refractivity contribution in [2.24, 2.45) is 0 Å². The van der Waals surface area contributed by atoms with Crippen molar-refractivity contribution >= 4 is 17.6 Å². The Hall–Kier alpha value is -2.96. The number of carbonyl (C=O) groups excluding carboxylic acids is 2. The highest BCUT2D eigenvalue weighted by atomic mass is 19.2. The van der Waals surface area contributed by atoms with E-state index in [4.69, 9.17) is 9.47 Å². The van der Waals surface area contributed by atoms with Crippen molar-refractivity contribution in [1.82, 2.24) is 0 Å². The first kappa shape index (κ1) is 18.4. The highest BCUT2D eigenvalue weighted by Crippen LogP contribution is 2.20. The van der Waals surface area contributed by atoms with Gasteiger partial charge in [0.2, 0.25) is 0 Å². The first-order valence-corrected chi connectivity index (χ1v) is 7.43. The molecule has 0 aliphatic heterocycles. The summed E-state index contributed by atoms with van der Waals surface area (Å²) in [4.78, 5) is 24.1.